The van der Waals surface area contributed by atoms with E-state index in [1.807, 2.05) is 38.3 Å². The van der Waals surface area contributed by atoms with Gasteiger partial charge < -0.3 is 19.7 Å². The lowest BCUT2D eigenvalue weighted by Gasteiger charge is -2.35. The van der Waals surface area contributed by atoms with Crippen molar-refractivity contribution in [1.29, 1.82) is 0 Å². The van der Waals surface area contributed by atoms with Gasteiger partial charge in [-0.15, -0.1) is 17.9 Å². The minimum Gasteiger partial charge on any atom is -0.472 e. The minimum atomic E-state index is -3.63. The number of aromatic nitrogens is 2. The molecule has 12 nitrogen and oxygen atoms in total. The fourth-order valence-corrected chi connectivity index (χ4v) is 8.70. The van der Waals surface area contributed by atoms with Gasteiger partial charge in [-0.1, -0.05) is 32.9 Å². The molecule has 0 aromatic carbocycles. The largest absolute Gasteiger partial charge is 0.472 e. The summed E-state index contributed by atoms with van der Waals surface area (Å²) in [6.07, 6.45) is 3.41. The Hall–Kier alpha value is -3.65. The Balaban J connectivity index is 1.41. The number of ether oxygens (including phenoxy) is 2. The van der Waals surface area contributed by atoms with Crippen LogP contribution in [-0.2, 0) is 33.8 Å². The lowest BCUT2D eigenvalue weighted by molar-refractivity contribution is -0.161. The van der Waals surface area contributed by atoms with Crippen molar-refractivity contribution in [3.8, 4) is 16.5 Å². The predicted molar refractivity (Wildman–Crippen MR) is 184 cm³/mol. The van der Waals surface area contributed by atoms with E-state index in [1.165, 1.54) is 22.6 Å². The third-order valence-corrected chi connectivity index (χ3v) is 12.2. The number of thiophene rings is 1. The first kappa shape index (κ1) is 36.6. The standard InChI is InChI=1S/C35H46N4O8S2/c1-8-21-17-35(21,28(40)19-49(44,45)23-11-12-23)38-31(42)26-14-22(46-29-16-25(36-20-37-29)27-10-9-13-48-27)18-39(26)32(43)24(33(2,3)4)15-30(41)47-34(5,6)7/h8-10,13,16,20-24,26H,1,11-12,14-15,17-19H2,2-7H3,(H,38,42)/t21-,22-,24-,26+,35-/m1/s1. The van der Waals surface area contributed by atoms with E-state index in [0.29, 0.717) is 18.5 Å². The molecule has 5 atom stereocenters. The summed E-state index contributed by atoms with van der Waals surface area (Å²) in [7, 11) is -3.63. The van der Waals surface area contributed by atoms with Crippen molar-refractivity contribution in [2.45, 2.75) is 102 Å². The third kappa shape index (κ3) is 8.57. The first-order valence-electron chi connectivity index (χ1n) is 16.6. The number of rotatable bonds is 13. The predicted octanol–water partition coefficient (Wildman–Crippen LogP) is 4.15. The Kier molecular flexibility index (Phi) is 10.1. The smallest absolute Gasteiger partial charge is 0.307 e. The summed E-state index contributed by atoms with van der Waals surface area (Å²) in [4.78, 5) is 66.0. The van der Waals surface area contributed by atoms with E-state index in [4.69, 9.17) is 9.47 Å². The van der Waals surface area contributed by atoms with Gasteiger partial charge in [0.15, 0.2) is 15.6 Å². The summed E-state index contributed by atoms with van der Waals surface area (Å²) in [6, 6.07) is 4.45. The van der Waals surface area contributed by atoms with Gasteiger partial charge in [-0.2, -0.15) is 0 Å². The first-order valence-corrected chi connectivity index (χ1v) is 19.2. The van der Waals surface area contributed by atoms with Gasteiger partial charge in [0.1, 0.15) is 35.4 Å². The van der Waals surface area contributed by atoms with Crippen LogP contribution in [0.25, 0.3) is 10.6 Å². The molecule has 3 fully saturated rings. The fourth-order valence-electron chi connectivity index (χ4n) is 6.29. The molecule has 2 saturated carbocycles. The number of esters is 1. The van der Waals surface area contributed by atoms with Crippen LogP contribution in [0.3, 0.4) is 0 Å². The quantitative estimate of drug-likeness (QED) is 0.236. The number of likely N-dealkylation sites (tertiary alicyclic amines) is 1. The number of ketones is 1. The molecule has 3 aliphatic rings. The minimum absolute atomic E-state index is 0.0120. The van der Waals surface area contributed by atoms with Crippen molar-refractivity contribution in [2.24, 2.45) is 17.3 Å². The van der Waals surface area contributed by atoms with Gasteiger partial charge in [-0.3, -0.25) is 19.2 Å². The summed E-state index contributed by atoms with van der Waals surface area (Å²) in [5.41, 5.74) is -2.20. The maximum atomic E-state index is 14.4. The number of nitrogens with one attached hydrogen (secondary N) is 1. The number of Topliss-reactive ketones (excluding diaryl/α,β-unsaturated/α-hetero) is 1. The highest BCUT2D eigenvalue weighted by atomic mass is 32.2. The molecule has 14 heteroatoms. The van der Waals surface area contributed by atoms with Crippen LogP contribution in [0.4, 0.5) is 0 Å². The molecule has 2 aliphatic carbocycles. The Bertz CT molecular complexity index is 1710. The summed E-state index contributed by atoms with van der Waals surface area (Å²) in [5.74, 6) is -3.84. The topological polar surface area (TPSA) is 162 Å². The second-order valence-electron chi connectivity index (χ2n) is 15.3. The highest BCUT2D eigenvalue weighted by Crippen LogP contribution is 2.46. The molecule has 3 heterocycles. The van der Waals surface area contributed by atoms with Gasteiger partial charge in [-0.05, 0) is 56.9 Å². The Morgan fingerprint density at radius 1 is 1.16 bits per heavy atom. The Morgan fingerprint density at radius 3 is 2.45 bits per heavy atom. The van der Waals surface area contributed by atoms with E-state index in [2.05, 4.69) is 21.9 Å². The van der Waals surface area contributed by atoms with E-state index in [-0.39, 0.29) is 31.7 Å². The van der Waals surface area contributed by atoms with Crippen molar-refractivity contribution in [3.05, 3.63) is 42.6 Å². The molecule has 5 rings (SSSR count). The average Bonchev–Trinajstić information content (AvgIpc) is 3.87. The highest BCUT2D eigenvalue weighted by molar-refractivity contribution is 7.93. The lowest BCUT2D eigenvalue weighted by Crippen LogP contribution is -2.55. The van der Waals surface area contributed by atoms with Crippen molar-refractivity contribution >= 4 is 44.7 Å². The average molecular weight is 715 g/mol. The summed E-state index contributed by atoms with van der Waals surface area (Å²) in [6.45, 7) is 14.6. The number of nitrogens with zero attached hydrogens (tertiary/aromatic N) is 3. The molecular formula is C35H46N4O8S2. The van der Waals surface area contributed by atoms with Crippen LogP contribution in [0.15, 0.2) is 42.6 Å². The second-order valence-corrected chi connectivity index (χ2v) is 18.6. The summed E-state index contributed by atoms with van der Waals surface area (Å²) in [5, 5.41) is 4.26. The Labute approximate surface area is 292 Å². The molecule has 0 spiro atoms. The van der Waals surface area contributed by atoms with Crippen molar-refractivity contribution < 1.29 is 37.1 Å². The molecule has 0 bridgehead atoms. The van der Waals surface area contributed by atoms with E-state index in [0.717, 1.165) is 4.88 Å². The first-order chi connectivity index (χ1) is 22.8. The molecule has 2 amide bonds. The Morgan fingerprint density at radius 2 is 1.88 bits per heavy atom. The van der Waals surface area contributed by atoms with Crippen molar-refractivity contribution in [1.82, 2.24) is 20.2 Å². The molecule has 0 radical (unpaired) electrons. The number of hydrogen-bond acceptors (Lipinski definition) is 11. The zero-order valence-electron chi connectivity index (χ0n) is 28.9. The van der Waals surface area contributed by atoms with Gasteiger partial charge in [0.2, 0.25) is 17.7 Å². The van der Waals surface area contributed by atoms with Crippen LogP contribution in [0.1, 0.15) is 73.6 Å². The van der Waals surface area contributed by atoms with Gasteiger partial charge in [-0.25, -0.2) is 18.4 Å². The second kappa shape index (κ2) is 13.6. The molecule has 2 aromatic rings. The number of carbonyl (C=O) groups is 4. The van der Waals surface area contributed by atoms with Gasteiger partial charge in [0, 0.05) is 18.4 Å². The van der Waals surface area contributed by atoms with Gasteiger partial charge >= 0.3 is 5.97 Å². The van der Waals surface area contributed by atoms with Crippen LogP contribution in [0.2, 0.25) is 0 Å². The van der Waals surface area contributed by atoms with Gasteiger partial charge in [0.05, 0.1) is 34.7 Å². The monoisotopic (exact) mass is 714 g/mol. The van der Waals surface area contributed by atoms with Crippen LogP contribution < -0.4 is 10.1 Å². The van der Waals surface area contributed by atoms with Crippen LogP contribution in [-0.4, -0.2) is 87.7 Å². The SMILES string of the molecule is C=C[C@@H]1C[C@]1(NC(=O)[C@@H]1C[C@@H](Oc2cc(-c3cccs3)ncn2)CN1C(=O)[C@@H](CC(=O)OC(C)(C)C)C(C)(C)C)C(=O)CS(=O)(=O)C1CC1. The van der Waals surface area contributed by atoms with Gasteiger partial charge in [0.25, 0.3) is 0 Å². The zero-order chi connectivity index (χ0) is 35.9. The molecule has 1 saturated heterocycles. The molecule has 0 unspecified atom stereocenters. The lowest BCUT2D eigenvalue weighted by atomic mass is 9.77. The van der Waals surface area contributed by atoms with E-state index in [9.17, 15) is 27.6 Å². The maximum absolute atomic E-state index is 14.4. The summed E-state index contributed by atoms with van der Waals surface area (Å²) >= 11 is 1.51. The molecule has 1 N–H and O–H groups in total. The number of carbonyl (C=O) groups excluding carboxylic acids is 4. The third-order valence-electron chi connectivity index (χ3n) is 9.19. The number of sulfone groups is 1. The normalized spacial score (nSPS) is 24.5. The molecule has 266 valence electrons. The molecule has 2 aromatic heterocycles. The maximum Gasteiger partial charge on any atom is 0.307 e. The van der Waals surface area contributed by atoms with E-state index >= 15 is 0 Å². The number of amides is 2. The highest BCUT2D eigenvalue weighted by Gasteiger charge is 2.61. The summed E-state index contributed by atoms with van der Waals surface area (Å²) < 4.78 is 37.3. The van der Waals surface area contributed by atoms with Crippen LogP contribution >= 0.6 is 11.3 Å². The molecular weight excluding hydrogens is 669 g/mol. The van der Waals surface area contributed by atoms with Crippen LogP contribution in [0, 0.1) is 17.3 Å². The van der Waals surface area contributed by atoms with E-state index < -0.39 is 84.9 Å². The fraction of sp³-hybridized carbons (Fsp3) is 0.600. The zero-order valence-corrected chi connectivity index (χ0v) is 30.6. The van der Waals surface area contributed by atoms with Crippen LogP contribution in [0.5, 0.6) is 5.88 Å². The van der Waals surface area contributed by atoms with Crippen molar-refractivity contribution in [3.63, 3.8) is 0 Å². The number of hydrogen-bond donors (Lipinski definition) is 1. The molecule has 49 heavy (non-hydrogen) atoms. The molecule has 1 aliphatic heterocycles. The van der Waals surface area contributed by atoms with Crippen molar-refractivity contribution in [2.75, 3.05) is 12.3 Å². The van der Waals surface area contributed by atoms with E-state index in [1.54, 1.807) is 32.9 Å².